The van der Waals surface area contributed by atoms with Crippen LogP contribution in [0.2, 0.25) is 0 Å². The van der Waals surface area contributed by atoms with Gasteiger partial charge in [0.1, 0.15) is 15.4 Å². The number of hydrogen-bond acceptors (Lipinski definition) is 5. The van der Waals surface area contributed by atoms with Crippen molar-refractivity contribution in [3.8, 4) is 5.69 Å². The Labute approximate surface area is 201 Å². The second-order valence-corrected chi connectivity index (χ2v) is 8.81. The molecule has 2 aromatic heterocycles. The van der Waals surface area contributed by atoms with E-state index in [2.05, 4.69) is 4.90 Å². The molecule has 0 unspecified atom stereocenters. The molecule has 0 radical (unpaired) electrons. The normalized spacial score (nSPS) is 14.0. The van der Waals surface area contributed by atoms with Crippen molar-refractivity contribution in [3.63, 3.8) is 0 Å². The Morgan fingerprint density at radius 2 is 1.67 bits per heavy atom. The fraction of sp³-hybridized carbons (Fsp3) is 0.240. The van der Waals surface area contributed by atoms with Gasteiger partial charge in [-0.2, -0.15) is 0 Å². The van der Waals surface area contributed by atoms with E-state index in [1.165, 1.54) is 24.9 Å². The van der Waals surface area contributed by atoms with Crippen molar-refractivity contribution in [2.24, 2.45) is 4.99 Å². The number of pyridine rings is 1. The minimum Gasteiger partial charge on any atom is -0.465 e. The Morgan fingerprint density at radius 1 is 1.00 bits per heavy atom. The van der Waals surface area contributed by atoms with Gasteiger partial charge in [0.2, 0.25) is 0 Å². The first-order valence-electron chi connectivity index (χ1n) is 10.7. The molecule has 170 valence electrons. The van der Waals surface area contributed by atoms with Crippen molar-refractivity contribution in [1.82, 2.24) is 9.47 Å². The van der Waals surface area contributed by atoms with Gasteiger partial charge in [0, 0.05) is 23.9 Å². The molecule has 0 spiro atoms. The molecule has 0 bridgehead atoms. The minimum atomic E-state index is -0.451. The summed E-state index contributed by atoms with van der Waals surface area (Å²) >= 11 is 1.25. The number of fused-ring (bicyclic) bond motifs is 3. The van der Waals surface area contributed by atoms with Crippen LogP contribution in [-0.2, 0) is 4.74 Å². The van der Waals surface area contributed by atoms with E-state index < -0.39 is 5.97 Å². The third-order valence-corrected chi connectivity index (χ3v) is 6.97. The van der Waals surface area contributed by atoms with Crippen LogP contribution in [0.4, 0.5) is 5.69 Å². The number of halogens is 1. The zero-order valence-electron chi connectivity index (χ0n) is 18.2. The van der Waals surface area contributed by atoms with Gasteiger partial charge in [-0.15, -0.1) is 23.7 Å². The van der Waals surface area contributed by atoms with Crippen molar-refractivity contribution in [1.29, 1.82) is 0 Å². The van der Waals surface area contributed by atoms with Crippen molar-refractivity contribution >= 4 is 62.7 Å². The summed E-state index contributed by atoms with van der Waals surface area (Å²) in [5.41, 5.74) is 1.18. The maximum atomic E-state index is 13.5. The van der Waals surface area contributed by atoms with Crippen molar-refractivity contribution in [2.75, 3.05) is 20.2 Å². The first kappa shape index (κ1) is 23.0. The maximum absolute atomic E-state index is 13.5. The number of esters is 1. The summed E-state index contributed by atoms with van der Waals surface area (Å²) < 4.78 is 6.76. The monoisotopic (exact) mass is 481 g/mol. The quantitative estimate of drug-likeness (QED) is 0.217. The molecule has 1 fully saturated rings. The van der Waals surface area contributed by atoms with E-state index >= 15 is 0 Å². The number of carbonyl (C=O) groups is 1. The van der Waals surface area contributed by atoms with Gasteiger partial charge in [-0.1, -0.05) is 36.4 Å². The number of ether oxygens (including phenoxy) is 1. The maximum Gasteiger partial charge on any atom is 0.350 e. The molecule has 8 heteroatoms. The molecule has 2 aromatic carbocycles. The van der Waals surface area contributed by atoms with Crippen molar-refractivity contribution in [3.05, 3.63) is 69.8 Å². The molecule has 0 aliphatic carbocycles. The number of aromatic nitrogens is 1. The lowest BCUT2D eigenvalue weighted by atomic mass is 10.1. The number of thiophene rings is 1. The lowest BCUT2D eigenvalue weighted by molar-refractivity contribution is 0.0607. The van der Waals surface area contributed by atoms with E-state index in [1.54, 1.807) is 4.57 Å². The Kier molecular flexibility index (Phi) is 6.81. The van der Waals surface area contributed by atoms with Crippen LogP contribution < -0.4 is 5.56 Å². The van der Waals surface area contributed by atoms with Crippen LogP contribution in [0.5, 0.6) is 0 Å². The predicted octanol–water partition coefficient (Wildman–Crippen LogP) is 5.56. The minimum absolute atomic E-state index is 0. The zero-order valence-corrected chi connectivity index (χ0v) is 19.8. The largest absolute Gasteiger partial charge is 0.465 e. The highest BCUT2D eigenvalue weighted by molar-refractivity contribution is 7.21. The zero-order chi connectivity index (χ0) is 22.1. The van der Waals surface area contributed by atoms with Crippen LogP contribution in [0.15, 0.2) is 64.4 Å². The van der Waals surface area contributed by atoms with Gasteiger partial charge >= 0.3 is 5.97 Å². The third-order valence-electron chi connectivity index (χ3n) is 5.82. The Morgan fingerprint density at radius 3 is 2.36 bits per heavy atom. The second-order valence-electron chi connectivity index (χ2n) is 7.81. The molecule has 5 rings (SSSR count). The highest BCUT2D eigenvalue weighted by Crippen LogP contribution is 2.42. The number of likely N-dealkylation sites (tertiary alicyclic amines) is 1. The second kappa shape index (κ2) is 9.77. The van der Waals surface area contributed by atoms with E-state index in [4.69, 9.17) is 9.73 Å². The average Bonchev–Trinajstić information content (AvgIpc) is 3.23. The summed E-state index contributed by atoms with van der Waals surface area (Å²) in [7, 11) is 1.37. The van der Waals surface area contributed by atoms with E-state index in [-0.39, 0.29) is 18.0 Å². The summed E-state index contributed by atoms with van der Waals surface area (Å²) in [6.45, 7) is 1.91. The number of para-hydroxylation sites is 1. The van der Waals surface area contributed by atoms with Gasteiger partial charge in [0.15, 0.2) is 0 Å². The molecule has 3 heterocycles. The molecular weight excluding hydrogens is 458 g/mol. The number of carbonyl (C=O) groups excluding carboxylic acids is 1. The summed E-state index contributed by atoms with van der Waals surface area (Å²) in [4.78, 5) is 34.3. The molecule has 1 aliphatic rings. The smallest absolute Gasteiger partial charge is 0.350 e. The molecule has 33 heavy (non-hydrogen) atoms. The Hall–Kier alpha value is -3.16. The van der Waals surface area contributed by atoms with E-state index in [0.29, 0.717) is 20.8 Å². The van der Waals surface area contributed by atoms with Gasteiger partial charge in [0.25, 0.3) is 5.56 Å². The summed E-state index contributed by atoms with van der Waals surface area (Å²) in [6.07, 6.45) is 5.33. The number of methoxy groups -OCH3 is 1. The first-order valence-corrected chi connectivity index (χ1v) is 11.5. The molecule has 0 N–H and O–H groups in total. The number of rotatable bonds is 4. The van der Waals surface area contributed by atoms with Gasteiger partial charge in [0.05, 0.1) is 19.1 Å². The summed E-state index contributed by atoms with van der Waals surface area (Å²) in [5, 5.41) is 2.17. The van der Waals surface area contributed by atoms with Crippen LogP contribution in [0.1, 0.15) is 28.9 Å². The lowest BCUT2D eigenvalue weighted by Gasteiger charge is -2.23. The Balaban J connectivity index is 0.00000259. The highest BCUT2D eigenvalue weighted by Gasteiger charge is 2.25. The molecule has 0 amide bonds. The Bertz CT molecular complexity index is 1390. The average molecular weight is 482 g/mol. The molecule has 1 aliphatic heterocycles. The predicted molar refractivity (Wildman–Crippen MR) is 137 cm³/mol. The van der Waals surface area contributed by atoms with Crippen LogP contribution in [0.3, 0.4) is 0 Å². The molecule has 0 saturated carbocycles. The van der Waals surface area contributed by atoms with Crippen molar-refractivity contribution < 1.29 is 9.53 Å². The number of benzene rings is 2. The number of hydrogen-bond donors (Lipinski definition) is 0. The fourth-order valence-corrected chi connectivity index (χ4v) is 5.45. The van der Waals surface area contributed by atoms with Gasteiger partial charge in [-0.3, -0.25) is 9.36 Å². The van der Waals surface area contributed by atoms with Crippen LogP contribution in [0, 0.1) is 0 Å². The van der Waals surface area contributed by atoms with Crippen LogP contribution in [-0.4, -0.2) is 42.0 Å². The van der Waals surface area contributed by atoms with E-state index in [9.17, 15) is 9.59 Å². The summed E-state index contributed by atoms with van der Waals surface area (Å²) in [6, 6.07) is 17.0. The molecule has 1 saturated heterocycles. The van der Waals surface area contributed by atoms with Gasteiger partial charge in [-0.25, -0.2) is 9.79 Å². The fourth-order valence-electron chi connectivity index (χ4n) is 4.25. The highest BCUT2D eigenvalue weighted by atomic mass is 35.5. The van der Waals surface area contributed by atoms with Gasteiger partial charge in [-0.05, 0) is 42.8 Å². The molecular formula is C25H24ClN3O3S. The van der Waals surface area contributed by atoms with Crippen LogP contribution in [0.25, 0.3) is 26.7 Å². The number of nitrogens with zero attached hydrogens (tertiary/aromatic N) is 3. The molecule has 4 aromatic rings. The SMILES string of the molecule is COC(=O)c1sc2c(c1N=CN1CCCCC1)c1ccccc1c(=O)n2-c1ccccc1.Cl. The van der Waals surface area contributed by atoms with Crippen LogP contribution >= 0.6 is 23.7 Å². The molecule has 6 nitrogen and oxygen atoms in total. The summed E-state index contributed by atoms with van der Waals surface area (Å²) in [5.74, 6) is -0.451. The van der Waals surface area contributed by atoms with Gasteiger partial charge < -0.3 is 9.64 Å². The lowest BCUT2D eigenvalue weighted by Crippen LogP contribution is -2.28. The number of aliphatic imine (C=N–C) groups is 1. The number of piperidine rings is 1. The van der Waals surface area contributed by atoms with E-state index in [0.717, 1.165) is 42.4 Å². The van der Waals surface area contributed by atoms with Crippen molar-refractivity contribution in [2.45, 2.75) is 19.3 Å². The topological polar surface area (TPSA) is 63.9 Å². The standard InChI is InChI=1S/C25H23N3O3S.ClH/c1-31-25(30)22-21(26-16-27-14-8-3-9-15-27)20-18-12-6-7-13-19(18)23(29)28(24(20)32-22)17-10-4-2-5-11-17;/h2,4-7,10-13,16H,3,8-9,14-15H2,1H3;1H. The van der Waals surface area contributed by atoms with E-state index in [1.807, 2.05) is 60.9 Å². The third kappa shape index (κ3) is 4.14. The first-order chi connectivity index (χ1) is 15.7. The molecule has 0 atom stereocenters.